The fourth-order valence-corrected chi connectivity index (χ4v) is 2.04. The summed E-state index contributed by atoms with van der Waals surface area (Å²) in [6.07, 6.45) is 2.48. The second-order valence-corrected chi connectivity index (χ2v) is 4.66. The number of hydrogen-bond donors (Lipinski definition) is 0. The van der Waals surface area contributed by atoms with E-state index in [4.69, 9.17) is 5.26 Å². The van der Waals surface area contributed by atoms with Crippen LogP contribution in [-0.4, -0.2) is 12.3 Å². The highest BCUT2D eigenvalue weighted by Gasteiger charge is 1.99. The smallest absolute Gasteiger partial charge is 0.114 e. The van der Waals surface area contributed by atoms with Crippen LogP contribution in [0.5, 0.6) is 0 Å². The molecule has 2 nitrogen and oxygen atoms in total. The molecule has 0 saturated carbocycles. The van der Waals surface area contributed by atoms with Gasteiger partial charge in [-0.05, 0) is 24.0 Å². The van der Waals surface area contributed by atoms with Gasteiger partial charge in [0.25, 0.3) is 0 Å². The standard InChI is InChI=1S/C18H18N2/c19-15-18(12-11-16-7-3-1-4-8-16)20-14-13-17-9-5-2-6-10-17/h1-10H,11-14H2. The molecule has 20 heavy (non-hydrogen) atoms. The minimum absolute atomic E-state index is 0.643. The maximum absolute atomic E-state index is 9.12. The second kappa shape index (κ2) is 7.91. The Morgan fingerprint density at radius 3 is 1.95 bits per heavy atom. The van der Waals surface area contributed by atoms with Gasteiger partial charge in [-0.1, -0.05) is 60.7 Å². The van der Waals surface area contributed by atoms with E-state index in [9.17, 15) is 0 Å². The summed E-state index contributed by atoms with van der Waals surface area (Å²) in [5.41, 5.74) is 3.15. The molecule has 0 unspecified atom stereocenters. The molecule has 0 radical (unpaired) electrons. The lowest BCUT2D eigenvalue weighted by Crippen LogP contribution is -2.00. The van der Waals surface area contributed by atoms with Gasteiger partial charge < -0.3 is 0 Å². The first-order valence-electron chi connectivity index (χ1n) is 6.90. The van der Waals surface area contributed by atoms with Crippen LogP contribution in [0.15, 0.2) is 65.7 Å². The summed E-state index contributed by atoms with van der Waals surface area (Å²) in [5.74, 6) is 0. The van der Waals surface area contributed by atoms with Gasteiger partial charge in [-0.3, -0.25) is 4.99 Å². The molecule has 0 aromatic heterocycles. The van der Waals surface area contributed by atoms with E-state index in [2.05, 4.69) is 35.3 Å². The van der Waals surface area contributed by atoms with E-state index >= 15 is 0 Å². The Hall–Kier alpha value is -2.40. The second-order valence-electron chi connectivity index (χ2n) is 4.66. The maximum atomic E-state index is 9.12. The molecule has 2 aromatic rings. The summed E-state index contributed by atoms with van der Waals surface area (Å²) in [6, 6.07) is 22.7. The molecular formula is C18H18N2. The number of hydrogen-bond acceptors (Lipinski definition) is 2. The molecule has 2 aromatic carbocycles. The van der Waals surface area contributed by atoms with Gasteiger partial charge in [0.1, 0.15) is 11.8 Å². The van der Waals surface area contributed by atoms with E-state index < -0.39 is 0 Å². The van der Waals surface area contributed by atoms with Crippen LogP contribution in [0.4, 0.5) is 0 Å². The first-order valence-corrected chi connectivity index (χ1v) is 6.90. The highest BCUT2D eigenvalue weighted by Crippen LogP contribution is 2.04. The predicted molar refractivity (Wildman–Crippen MR) is 82.8 cm³/mol. The molecule has 0 heterocycles. The molecule has 2 rings (SSSR count). The lowest BCUT2D eigenvalue weighted by Gasteiger charge is -2.01. The Bertz CT molecular complexity index is 580. The third-order valence-corrected chi connectivity index (χ3v) is 3.17. The van der Waals surface area contributed by atoms with Crippen molar-refractivity contribution in [2.24, 2.45) is 4.99 Å². The molecule has 0 aliphatic rings. The summed E-state index contributed by atoms with van der Waals surface area (Å²) in [6.45, 7) is 0.682. The van der Waals surface area contributed by atoms with Gasteiger partial charge in [0.2, 0.25) is 0 Å². The van der Waals surface area contributed by atoms with Crippen molar-refractivity contribution in [3.8, 4) is 6.07 Å². The first kappa shape index (κ1) is 14.0. The summed E-state index contributed by atoms with van der Waals surface area (Å²) in [4.78, 5) is 4.41. The minimum atomic E-state index is 0.643. The number of rotatable bonds is 6. The zero-order valence-electron chi connectivity index (χ0n) is 11.5. The van der Waals surface area contributed by atoms with Gasteiger partial charge in [0, 0.05) is 13.0 Å². The van der Waals surface area contributed by atoms with Crippen LogP contribution in [0, 0.1) is 11.3 Å². The predicted octanol–water partition coefficient (Wildman–Crippen LogP) is 3.83. The summed E-state index contributed by atoms with van der Waals surface area (Å²) < 4.78 is 0. The fourth-order valence-electron chi connectivity index (χ4n) is 2.04. The molecule has 0 spiro atoms. The minimum Gasteiger partial charge on any atom is -0.278 e. The van der Waals surface area contributed by atoms with Crippen molar-refractivity contribution in [1.29, 1.82) is 5.26 Å². The zero-order chi connectivity index (χ0) is 14.0. The zero-order valence-corrected chi connectivity index (χ0v) is 11.5. The van der Waals surface area contributed by atoms with Gasteiger partial charge in [-0.2, -0.15) is 5.26 Å². The van der Waals surface area contributed by atoms with E-state index in [1.54, 1.807) is 0 Å². The maximum Gasteiger partial charge on any atom is 0.114 e. The molecular weight excluding hydrogens is 244 g/mol. The quantitative estimate of drug-likeness (QED) is 0.729. The van der Waals surface area contributed by atoms with Gasteiger partial charge in [-0.25, -0.2) is 0 Å². The fraction of sp³-hybridized carbons (Fsp3) is 0.222. The largest absolute Gasteiger partial charge is 0.278 e. The number of aryl methyl sites for hydroxylation is 1. The monoisotopic (exact) mass is 262 g/mol. The average molecular weight is 262 g/mol. The van der Waals surface area contributed by atoms with Gasteiger partial charge in [-0.15, -0.1) is 0 Å². The van der Waals surface area contributed by atoms with Crippen LogP contribution in [-0.2, 0) is 12.8 Å². The Morgan fingerprint density at radius 2 is 1.40 bits per heavy atom. The van der Waals surface area contributed by atoms with Gasteiger partial charge >= 0.3 is 0 Å². The number of nitrogens with zero attached hydrogens (tertiary/aromatic N) is 2. The van der Waals surface area contributed by atoms with Crippen LogP contribution < -0.4 is 0 Å². The normalized spacial score (nSPS) is 11.1. The van der Waals surface area contributed by atoms with Crippen LogP contribution in [0.3, 0.4) is 0 Å². The average Bonchev–Trinajstić information content (AvgIpc) is 2.52. The van der Waals surface area contributed by atoms with E-state index in [1.807, 2.05) is 36.4 Å². The molecule has 2 heteroatoms. The van der Waals surface area contributed by atoms with Crippen LogP contribution in [0.2, 0.25) is 0 Å². The molecule has 0 aliphatic heterocycles. The molecule has 0 N–H and O–H groups in total. The van der Waals surface area contributed by atoms with Crippen LogP contribution in [0.25, 0.3) is 0 Å². The molecule has 0 amide bonds. The van der Waals surface area contributed by atoms with Crippen molar-refractivity contribution >= 4 is 5.71 Å². The highest BCUT2D eigenvalue weighted by molar-refractivity contribution is 5.98. The van der Waals surface area contributed by atoms with Crippen molar-refractivity contribution in [3.05, 3.63) is 71.8 Å². The molecule has 0 aliphatic carbocycles. The number of aliphatic imine (C=N–C) groups is 1. The third-order valence-electron chi connectivity index (χ3n) is 3.17. The Kier molecular flexibility index (Phi) is 5.54. The first-order chi connectivity index (χ1) is 9.88. The van der Waals surface area contributed by atoms with Crippen molar-refractivity contribution in [2.75, 3.05) is 6.54 Å². The lowest BCUT2D eigenvalue weighted by molar-refractivity contribution is 0.949. The molecule has 100 valence electrons. The summed E-state index contributed by atoms with van der Waals surface area (Å²) in [7, 11) is 0. The lowest BCUT2D eigenvalue weighted by atomic mass is 10.1. The van der Waals surface area contributed by atoms with Crippen molar-refractivity contribution < 1.29 is 0 Å². The summed E-state index contributed by atoms with van der Waals surface area (Å²) >= 11 is 0. The Labute approximate surface area is 120 Å². The Morgan fingerprint density at radius 1 is 0.850 bits per heavy atom. The molecule has 0 bridgehead atoms. The highest BCUT2D eigenvalue weighted by atomic mass is 14.7. The van der Waals surface area contributed by atoms with Crippen molar-refractivity contribution in [1.82, 2.24) is 0 Å². The van der Waals surface area contributed by atoms with Gasteiger partial charge in [0.15, 0.2) is 0 Å². The third kappa shape index (κ3) is 4.70. The van der Waals surface area contributed by atoms with Crippen LogP contribution in [0.1, 0.15) is 17.5 Å². The van der Waals surface area contributed by atoms with E-state index in [0.29, 0.717) is 12.3 Å². The van der Waals surface area contributed by atoms with Crippen molar-refractivity contribution in [2.45, 2.75) is 19.3 Å². The Balaban J connectivity index is 1.82. The number of nitriles is 1. The molecule has 0 saturated heterocycles. The van der Waals surface area contributed by atoms with Crippen LogP contribution >= 0.6 is 0 Å². The number of benzene rings is 2. The van der Waals surface area contributed by atoms with E-state index in [0.717, 1.165) is 19.3 Å². The van der Waals surface area contributed by atoms with E-state index in [-0.39, 0.29) is 0 Å². The topological polar surface area (TPSA) is 36.1 Å². The molecule has 0 atom stereocenters. The molecule has 0 fully saturated rings. The van der Waals surface area contributed by atoms with Gasteiger partial charge in [0.05, 0.1) is 0 Å². The van der Waals surface area contributed by atoms with E-state index in [1.165, 1.54) is 11.1 Å². The van der Waals surface area contributed by atoms with Crippen molar-refractivity contribution in [3.63, 3.8) is 0 Å². The SMILES string of the molecule is N#CC(CCc1ccccc1)=NCCc1ccccc1. The summed E-state index contributed by atoms with van der Waals surface area (Å²) in [5, 5.41) is 9.12.